The Kier molecular flexibility index (Phi) is 4.95. The van der Waals surface area contributed by atoms with Gasteiger partial charge in [-0.3, -0.25) is 4.79 Å². The second kappa shape index (κ2) is 6.71. The third kappa shape index (κ3) is 3.60. The van der Waals surface area contributed by atoms with E-state index in [1.807, 2.05) is 25.7 Å². The third-order valence-electron chi connectivity index (χ3n) is 3.34. The average Bonchev–Trinajstić information content (AvgIpc) is 2.88. The minimum Gasteiger partial charge on any atom is -0.481 e. The van der Waals surface area contributed by atoms with Crippen LogP contribution in [-0.4, -0.2) is 52.9 Å². The highest BCUT2D eigenvalue weighted by Crippen LogP contribution is 2.24. The molecule has 0 saturated carbocycles. The molecule has 116 valence electrons. The number of hydrogen-bond donors (Lipinski definition) is 1. The highest BCUT2D eigenvalue weighted by atomic mass is 16.5. The van der Waals surface area contributed by atoms with Gasteiger partial charge in [0.25, 0.3) is 0 Å². The maximum atomic E-state index is 11.3. The summed E-state index contributed by atoms with van der Waals surface area (Å²) in [4.78, 5) is 21.8. The zero-order valence-corrected chi connectivity index (χ0v) is 12.5. The second-order valence-corrected chi connectivity index (χ2v) is 5.20. The van der Waals surface area contributed by atoms with Gasteiger partial charge in [0.15, 0.2) is 0 Å². The van der Waals surface area contributed by atoms with Crippen molar-refractivity contribution in [1.29, 1.82) is 0 Å². The molecule has 1 aromatic rings. The van der Waals surface area contributed by atoms with E-state index < -0.39 is 11.9 Å². The number of ether oxygens (including phenoxy) is 2. The molecular formula is C14H21N3O4. The molecule has 2 heterocycles. The molecule has 2 rings (SSSR count). The van der Waals surface area contributed by atoms with E-state index in [1.54, 1.807) is 12.3 Å². The number of likely N-dealkylation sites (N-methyl/N-ethyl adjacent to an activating group) is 1. The van der Waals surface area contributed by atoms with Crippen LogP contribution in [0.25, 0.3) is 0 Å². The third-order valence-corrected chi connectivity index (χ3v) is 3.34. The minimum atomic E-state index is -0.856. The van der Waals surface area contributed by atoms with Crippen molar-refractivity contribution in [3.8, 4) is 5.88 Å². The van der Waals surface area contributed by atoms with E-state index in [4.69, 9.17) is 9.47 Å². The number of aromatic nitrogens is 2. The van der Waals surface area contributed by atoms with Crippen molar-refractivity contribution >= 4 is 11.9 Å². The summed E-state index contributed by atoms with van der Waals surface area (Å²) in [6, 6.07) is 1.43. The van der Waals surface area contributed by atoms with Crippen molar-refractivity contribution in [1.82, 2.24) is 9.97 Å². The molecule has 1 N–H and O–H groups in total. The zero-order chi connectivity index (χ0) is 15.4. The molecule has 0 aromatic carbocycles. The molecule has 0 radical (unpaired) electrons. The van der Waals surface area contributed by atoms with Gasteiger partial charge >= 0.3 is 5.97 Å². The van der Waals surface area contributed by atoms with Crippen LogP contribution in [0.4, 0.5) is 5.95 Å². The van der Waals surface area contributed by atoms with Gasteiger partial charge in [0.1, 0.15) is 5.92 Å². The van der Waals surface area contributed by atoms with E-state index in [9.17, 15) is 9.90 Å². The predicted molar refractivity (Wildman–Crippen MR) is 76.5 cm³/mol. The zero-order valence-electron chi connectivity index (χ0n) is 12.5. The number of carbonyl (C=O) groups is 1. The van der Waals surface area contributed by atoms with Gasteiger partial charge in [0.2, 0.25) is 11.8 Å². The van der Waals surface area contributed by atoms with Gasteiger partial charge in [-0.1, -0.05) is 0 Å². The maximum absolute atomic E-state index is 11.3. The molecule has 1 fully saturated rings. The molecular weight excluding hydrogens is 274 g/mol. The van der Waals surface area contributed by atoms with Crippen LogP contribution in [0.2, 0.25) is 0 Å². The Balaban J connectivity index is 2.22. The van der Waals surface area contributed by atoms with Gasteiger partial charge in [-0.05, 0) is 20.8 Å². The first-order valence-electron chi connectivity index (χ1n) is 7.09. The minimum absolute atomic E-state index is 0.0180. The number of rotatable bonds is 6. The molecule has 1 aliphatic heterocycles. The molecule has 1 saturated heterocycles. The number of carboxylic acid groups (broad SMARTS) is 1. The summed E-state index contributed by atoms with van der Waals surface area (Å²) in [5, 5.41) is 9.28. The van der Waals surface area contributed by atoms with Gasteiger partial charge in [0.05, 0.1) is 25.4 Å². The number of carboxylic acids is 1. The van der Waals surface area contributed by atoms with Crippen LogP contribution in [0.5, 0.6) is 5.88 Å². The van der Waals surface area contributed by atoms with Crippen LogP contribution in [0, 0.1) is 5.92 Å². The molecule has 0 aliphatic carbocycles. The maximum Gasteiger partial charge on any atom is 0.311 e. The highest BCUT2D eigenvalue weighted by molar-refractivity contribution is 5.72. The van der Waals surface area contributed by atoms with Gasteiger partial charge in [-0.15, -0.1) is 0 Å². The van der Waals surface area contributed by atoms with Gasteiger partial charge < -0.3 is 19.5 Å². The Morgan fingerprint density at radius 2 is 2.33 bits per heavy atom. The van der Waals surface area contributed by atoms with Crippen LogP contribution < -0.4 is 9.64 Å². The van der Waals surface area contributed by atoms with Gasteiger partial charge in [-0.2, -0.15) is 4.98 Å². The van der Waals surface area contributed by atoms with Crippen LogP contribution >= 0.6 is 0 Å². The number of hydrogen-bond acceptors (Lipinski definition) is 6. The molecule has 2 atom stereocenters. The van der Waals surface area contributed by atoms with Crippen LogP contribution in [0.15, 0.2) is 12.3 Å². The Bertz CT molecular complexity index is 495. The van der Waals surface area contributed by atoms with Crippen LogP contribution in [-0.2, 0) is 9.53 Å². The number of aliphatic carboxylic acids is 1. The lowest BCUT2D eigenvalue weighted by atomic mass is 10.0. The van der Waals surface area contributed by atoms with E-state index >= 15 is 0 Å². The quantitative estimate of drug-likeness (QED) is 0.843. The van der Waals surface area contributed by atoms with E-state index in [-0.39, 0.29) is 18.8 Å². The first kappa shape index (κ1) is 15.5. The number of nitrogens with zero attached hydrogens (tertiary/aromatic N) is 3. The average molecular weight is 295 g/mol. The molecule has 1 aromatic heterocycles. The molecule has 1 aliphatic rings. The van der Waals surface area contributed by atoms with Crippen molar-refractivity contribution in [2.45, 2.75) is 32.9 Å². The lowest BCUT2D eigenvalue weighted by molar-refractivity contribution is -0.141. The fourth-order valence-electron chi connectivity index (χ4n) is 2.39. The molecule has 0 spiro atoms. The molecule has 2 unspecified atom stereocenters. The van der Waals surface area contributed by atoms with Crippen molar-refractivity contribution in [3.05, 3.63) is 12.3 Å². The smallest absolute Gasteiger partial charge is 0.311 e. The van der Waals surface area contributed by atoms with E-state index in [1.165, 1.54) is 0 Å². The molecule has 21 heavy (non-hydrogen) atoms. The van der Waals surface area contributed by atoms with Crippen molar-refractivity contribution in [2.24, 2.45) is 5.92 Å². The van der Waals surface area contributed by atoms with Crippen molar-refractivity contribution in [2.75, 3.05) is 24.7 Å². The van der Waals surface area contributed by atoms with Crippen molar-refractivity contribution in [3.63, 3.8) is 0 Å². The van der Waals surface area contributed by atoms with Crippen LogP contribution in [0.1, 0.15) is 20.8 Å². The normalized spacial score (nSPS) is 21.5. The highest BCUT2D eigenvalue weighted by Gasteiger charge is 2.38. The summed E-state index contributed by atoms with van der Waals surface area (Å²) in [6.45, 7) is 6.97. The monoisotopic (exact) mass is 295 g/mol. The molecule has 7 nitrogen and oxygen atoms in total. The summed E-state index contributed by atoms with van der Waals surface area (Å²) < 4.78 is 10.9. The Labute approximate surface area is 123 Å². The lowest BCUT2D eigenvalue weighted by Crippen LogP contribution is -2.44. The Morgan fingerprint density at radius 1 is 1.57 bits per heavy atom. The van der Waals surface area contributed by atoms with Gasteiger partial charge in [0, 0.05) is 18.8 Å². The van der Waals surface area contributed by atoms with Gasteiger partial charge in [-0.25, -0.2) is 4.98 Å². The standard InChI is InChI=1S/C14H21N3O4/c1-4-17(11-8-20-7-10(11)13(18)19)14-15-6-5-12(16-14)21-9(2)3/h5-6,9-11H,4,7-8H2,1-3H3,(H,18,19). The first-order chi connectivity index (χ1) is 10.0. The summed E-state index contributed by atoms with van der Waals surface area (Å²) in [5.74, 6) is -0.467. The van der Waals surface area contributed by atoms with Crippen LogP contribution in [0.3, 0.4) is 0 Å². The topological polar surface area (TPSA) is 84.8 Å². The molecule has 0 bridgehead atoms. The summed E-state index contributed by atoms with van der Waals surface area (Å²) in [6.07, 6.45) is 1.64. The molecule has 0 amide bonds. The fourth-order valence-corrected chi connectivity index (χ4v) is 2.39. The first-order valence-corrected chi connectivity index (χ1v) is 7.09. The Morgan fingerprint density at radius 3 is 2.95 bits per heavy atom. The van der Waals surface area contributed by atoms with E-state index in [0.29, 0.717) is 25.0 Å². The predicted octanol–water partition coefficient (Wildman–Crippen LogP) is 1.19. The summed E-state index contributed by atoms with van der Waals surface area (Å²) in [7, 11) is 0. The SMILES string of the molecule is CCN(c1nccc(OC(C)C)n1)C1COCC1C(=O)O. The summed E-state index contributed by atoms with van der Waals surface area (Å²) >= 11 is 0. The molecule has 7 heteroatoms. The van der Waals surface area contributed by atoms with E-state index in [2.05, 4.69) is 9.97 Å². The van der Waals surface area contributed by atoms with Crippen molar-refractivity contribution < 1.29 is 19.4 Å². The lowest BCUT2D eigenvalue weighted by Gasteiger charge is -2.29. The largest absolute Gasteiger partial charge is 0.481 e. The fraction of sp³-hybridized carbons (Fsp3) is 0.643. The van der Waals surface area contributed by atoms with E-state index in [0.717, 1.165) is 0 Å². The Hall–Kier alpha value is -1.89. The second-order valence-electron chi connectivity index (χ2n) is 5.20. The number of anilines is 1. The summed E-state index contributed by atoms with van der Waals surface area (Å²) in [5.41, 5.74) is 0.